The number of anilines is 1. The summed E-state index contributed by atoms with van der Waals surface area (Å²) in [4.78, 5) is 26.4. The van der Waals surface area contributed by atoms with Crippen LogP contribution in [-0.2, 0) is 16.0 Å². The summed E-state index contributed by atoms with van der Waals surface area (Å²) in [6.45, 7) is 8.08. The summed E-state index contributed by atoms with van der Waals surface area (Å²) in [6.07, 6.45) is 1.16. The molecule has 5 nitrogen and oxygen atoms in total. The van der Waals surface area contributed by atoms with Crippen molar-refractivity contribution in [3.8, 4) is 0 Å². The molecule has 1 unspecified atom stereocenters. The Morgan fingerprint density at radius 3 is 2.71 bits per heavy atom. The van der Waals surface area contributed by atoms with E-state index in [-0.39, 0.29) is 36.2 Å². The molecule has 0 aromatic heterocycles. The first kappa shape index (κ1) is 20.5. The van der Waals surface area contributed by atoms with Crippen molar-refractivity contribution in [2.75, 3.05) is 24.5 Å². The van der Waals surface area contributed by atoms with Gasteiger partial charge in [0, 0.05) is 31.2 Å². The van der Waals surface area contributed by atoms with Gasteiger partial charge >= 0.3 is 0 Å². The molecule has 134 valence electrons. The molecule has 1 aliphatic heterocycles. The molecule has 1 aliphatic rings. The zero-order valence-electron chi connectivity index (χ0n) is 14.7. The molecule has 0 radical (unpaired) electrons. The quantitative estimate of drug-likeness (QED) is 0.789. The highest BCUT2D eigenvalue weighted by Gasteiger charge is 2.35. The predicted molar refractivity (Wildman–Crippen MR) is 99.7 cm³/mol. The summed E-state index contributed by atoms with van der Waals surface area (Å²) < 4.78 is 0. The highest BCUT2D eigenvalue weighted by molar-refractivity contribution is 6.00. The van der Waals surface area contributed by atoms with E-state index in [4.69, 9.17) is 0 Å². The van der Waals surface area contributed by atoms with Gasteiger partial charge in [-0.2, -0.15) is 0 Å². The molecule has 1 saturated heterocycles. The van der Waals surface area contributed by atoms with Crippen LogP contribution in [0.4, 0.5) is 5.69 Å². The number of nitrogens with zero attached hydrogens (tertiary/aromatic N) is 1. The third-order valence-corrected chi connectivity index (χ3v) is 4.29. The number of aryl methyl sites for hydroxylation is 1. The molecule has 2 amide bonds. The second kappa shape index (κ2) is 9.64. The van der Waals surface area contributed by atoms with E-state index in [0.717, 1.165) is 24.2 Å². The highest BCUT2D eigenvalue weighted by Crippen LogP contribution is 2.28. The van der Waals surface area contributed by atoms with Crippen molar-refractivity contribution < 1.29 is 9.59 Å². The molecule has 0 spiro atoms. The Labute approximate surface area is 150 Å². The molecule has 2 N–H and O–H groups in total. The predicted octanol–water partition coefficient (Wildman–Crippen LogP) is 2.14. The third kappa shape index (κ3) is 4.95. The van der Waals surface area contributed by atoms with Crippen LogP contribution in [0.5, 0.6) is 0 Å². The molecular weight excluding hydrogens is 326 g/mol. The van der Waals surface area contributed by atoms with E-state index in [1.807, 2.05) is 38.1 Å². The number of hydrogen-bond donors (Lipinski definition) is 2. The van der Waals surface area contributed by atoms with E-state index < -0.39 is 0 Å². The second-order valence-corrected chi connectivity index (χ2v) is 6.09. The van der Waals surface area contributed by atoms with Crippen molar-refractivity contribution in [3.05, 3.63) is 29.8 Å². The number of carbonyl (C=O) groups is 2. The highest BCUT2D eigenvalue weighted by atomic mass is 35.5. The van der Waals surface area contributed by atoms with Gasteiger partial charge in [-0.1, -0.05) is 32.0 Å². The molecule has 1 fully saturated rings. The molecule has 2 atom stereocenters. The second-order valence-electron chi connectivity index (χ2n) is 6.09. The minimum atomic E-state index is -0.263. The lowest BCUT2D eigenvalue weighted by molar-refractivity contribution is -0.126. The number of rotatable bonds is 7. The average molecular weight is 354 g/mol. The maximum atomic E-state index is 12.3. The number of para-hydroxylation sites is 1. The lowest BCUT2D eigenvalue weighted by atomic mass is 10.1. The monoisotopic (exact) mass is 353 g/mol. The van der Waals surface area contributed by atoms with Crippen LogP contribution in [-0.4, -0.2) is 37.5 Å². The van der Waals surface area contributed by atoms with Crippen LogP contribution in [0.1, 0.15) is 32.8 Å². The third-order valence-electron chi connectivity index (χ3n) is 4.29. The van der Waals surface area contributed by atoms with Gasteiger partial charge in [0.05, 0.1) is 5.92 Å². The van der Waals surface area contributed by atoms with Crippen LogP contribution >= 0.6 is 12.4 Å². The van der Waals surface area contributed by atoms with Gasteiger partial charge in [-0.3, -0.25) is 9.59 Å². The van der Waals surface area contributed by atoms with E-state index in [9.17, 15) is 9.59 Å². The van der Waals surface area contributed by atoms with Crippen molar-refractivity contribution in [2.45, 2.75) is 39.7 Å². The maximum absolute atomic E-state index is 12.3. The minimum absolute atomic E-state index is 0. The summed E-state index contributed by atoms with van der Waals surface area (Å²) in [5.41, 5.74) is 2.08. The summed E-state index contributed by atoms with van der Waals surface area (Å²) in [6, 6.07) is 8.15. The molecule has 1 aromatic carbocycles. The smallest absolute Gasteiger partial charge is 0.227 e. The number of hydrogen-bond acceptors (Lipinski definition) is 3. The molecule has 0 saturated carbocycles. The van der Waals surface area contributed by atoms with Crippen LogP contribution in [0.25, 0.3) is 0 Å². The van der Waals surface area contributed by atoms with E-state index in [2.05, 4.69) is 17.6 Å². The van der Waals surface area contributed by atoms with Crippen molar-refractivity contribution in [1.29, 1.82) is 0 Å². The number of amides is 2. The molecule has 0 bridgehead atoms. The van der Waals surface area contributed by atoms with Crippen LogP contribution < -0.4 is 15.5 Å². The first-order valence-corrected chi connectivity index (χ1v) is 8.46. The Hall–Kier alpha value is -1.59. The minimum Gasteiger partial charge on any atom is -0.354 e. The average Bonchev–Trinajstić information content (AvgIpc) is 2.94. The topological polar surface area (TPSA) is 61.4 Å². The zero-order chi connectivity index (χ0) is 16.8. The summed E-state index contributed by atoms with van der Waals surface area (Å²) >= 11 is 0. The Kier molecular flexibility index (Phi) is 8.22. The van der Waals surface area contributed by atoms with Gasteiger partial charge in [-0.25, -0.2) is 0 Å². The van der Waals surface area contributed by atoms with Gasteiger partial charge in [0.2, 0.25) is 11.8 Å². The van der Waals surface area contributed by atoms with Gasteiger partial charge in [0.25, 0.3) is 0 Å². The maximum Gasteiger partial charge on any atom is 0.227 e. The fourth-order valence-electron chi connectivity index (χ4n) is 3.01. The Bertz CT molecular complexity index is 565. The van der Waals surface area contributed by atoms with Crippen molar-refractivity contribution >= 4 is 29.9 Å². The number of carbonyl (C=O) groups excluding carboxylic acids is 2. The molecule has 24 heavy (non-hydrogen) atoms. The number of likely N-dealkylation sites (N-methyl/N-ethyl adjacent to an activating group) is 1. The van der Waals surface area contributed by atoms with Gasteiger partial charge in [0.15, 0.2) is 0 Å². The van der Waals surface area contributed by atoms with Crippen molar-refractivity contribution in [2.24, 2.45) is 5.92 Å². The van der Waals surface area contributed by atoms with Gasteiger partial charge in [-0.05, 0) is 31.5 Å². The molecule has 1 aromatic rings. The van der Waals surface area contributed by atoms with Gasteiger partial charge in [-0.15, -0.1) is 12.4 Å². The molecule has 6 heteroatoms. The Morgan fingerprint density at radius 2 is 2.04 bits per heavy atom. The van der Waals surface area contributed by atoms with Crippen molar-refractivity contribution in [1.82, 2.24) is 10.6 Å². The van der Waals surface area contributed by atoms with Crippen LogP contribution in [0.15, 0.2) is 24.3 Å². The fourth-order valence-corrected chi connectivity index (χ4v) is 3.01. The van der Waals surface area contributed by atoms with E-state index in [1.54, 1.807) is 4.90 Å². The standard InChI is InChI=1S/C18H27N3O2.ClH/c1-4-14-8-6-7-9-16(14)21-12-15(10-17(21)22)18(23)20-11-13(3)19-5-2;/h6-9,13,15,19H,4-5,10-12H2,1-3H3,(H,20,23);1H/t13-,15?;/m1./s1. The SMILES string of the molecule is CCN[C@H](C)CNC(=O)C1CC(=O)N(c2ccccc2CC)C1.Cl. The van der Waals surface area contributed by atoms with Gasteiger partial charge < -0.3 is 15.5 Å². The van der Waals surface area contributed by atoms with Gasteiger partial charge in [0.1, 0.15) is 0 Å². The Morgan fingerprint density at radius 1 is 1.33 bits per heavy atom. The van der Waals surface area contributed by atoms with Crippen LogP contribution in [0, 0.1) is 5.92 Å². The first-order chi connectivity index (χ1) is 11.1. The number of halogens is 1. The van der Waals surface area contributed by atoms with E-state index in [0.29, 0.717) is 19.5 Å². The molecule has 0 aliphatic carbocycles. The summed E-state index contributed by atoms with van der Waals surface area (Å²) in [5, 5.41) is 6.21. The van der Waals surface area contributed by atoms with E-state index >= 15 is 0 Å². The molecule has 1 heterocycles. The lowest BCUT2D eigenvalue weighted by Gasteiger charge is -2.20. The fraction of sp³-hybridized carbons (Fsp3) is 0.556. The lowest BCUT2D eigenvalue weighted by Crippen LogP contribution is -2.41. The van der Waals surface area contributed by atoms with Crippen LogP contribution in [0.3, 0.4) is 0 Å². The largest absolute Gasteiger partial charge is 0.354 e. The number of benzene rings is 1. The Balaban J connectivity index is 0.00000288. The molecular formula is C18H28ClN3O2. The van der Waals surface area contributed by atoms with Crippen molar-refractivity contribution in [3.63, 3.8) is 0 Å². The van der Waals surface area contributed by atoms with Crippen LogP contribution in [0.2, 0.25) is 0 Å². The molecule has 2 rings (SSSR count). The first-order valence-electron chi connectivity index (χ1n) is 8.46. The zero-order valence-corrected chi connectivity index (χ0v) is 15.5. The number of nitrogens with one attached hydrogen (secondary N) is 2. The van der Waals surface area contributed by atoms with E-state index in [1.165, 1.54) is 0 Å². The normalized spacial score (nSPS) is 18.2. The summed E-state index contributed by atoms with van der Waals surface area (Å²) in [7, 11) is 0. The summed E-state index contributed by atoms with van der Waals surface area (Å²) in [5.74, 6) is -0.258.